The molecule has 0 amide bonds. The van der Waals surface area contributed by atoms with E-state index in [2.05, 4.69) is 21.4 Å². The number of fused-ring (bicyclic) bond motifs is 2. The Balaban J connectivity index is 1.87. The van der Waals surface area contributed by atoms with E-state index in [0.29, 0.717) is 22.2 Å². The largest absolute Gasteiger partial charge is 0.494 e. The first kappa shape index (κ1) is 19.5. The molecule has 0 spiro atoms. The molecule has 0 aliphatic rings. The van der Waals surface area contributed by atoms with E-state index in [1.165, 1.54) is 11.3 Å². The third kappa shape index (κ3) is 3.41. The molecule has 31 heavy (non-hydrogen) atoms. The van der Waals surface area contributed by atoms with Gasteiger partial charge in [0.2, 0.25) is 5.95 Å². The van der Waals surface area contributed by atoms with Crippen LogP contribution in [-0.4, -0.2) is 29.1 Å². The van der Waals surface area contributed by atoms with Crippen LogP contribution >= 0.6 is 22.9 Å². The molecular formula is C23H17ClN4O2S. The summed E-state index contributed by atoms with van der Waals surface area (Å²) in [7, 11) is 3.41. The summed E-state index contributed by atoms with van der Waals surface area (Å²) in [6, 6.07) is 15.6. The maximum atomic E-state index is 11.8. The van der Waals surface area contributed by atoms with Crippen molar-refractivity contribution in [1.29, 1.82) is 0 Å². The molecule has 5 rings (SSSR count). The van der Waals surface area contributed by atoms with E-state index in [1.54, 1.807) is 20.4 Å². The van der Waals surface area contributed by atoms with Crippen LogP contribution in [0.3, 0.4) is 0 Å². The van der Waals surface area contributed by atoms with Crippen LogP contribution in [0.4, 0.5) is 5.95 Å². The maximum absolute atomic E-state index is 11.8. The van der Waals surface area contributed by atoms with Crippen LogP contribution in [0.15, 0.2) is 59.5 Å². The lowest BCUT2D eigenvalue weighted by Crippen LogP contribution is -2.00. The number of nitrogens with one attached hydrogen (secondary N) is 2. The number of aromatic amines is 1. The molecule has 2 aromatic heterocycles. The van der Waals surface area contributed by atoms with Gasteiger partial charge in [-0.05, 0) is 47.0 Å². The van der Waals surface area contributed by atoms with Gasteiger partial charge in [0, 0.05) is 29.2 Å². The molecule has 3 aromatic carbocycles. The maximum Gasteiger partial charge on any atom is 0.305 e. The van der Waals surface area contributed by atoms with E-state index in [9.17, 15) is 4.79 Å². The Morgan fingerprint density at radius 1 is 1.10 bits per heavy atom. The Kier molecular flexibility index (Phi) is 4.84. The van der Waals surface area contributed by atoms with Gasteiger partial charge in [0.25, 0.3) is 0 Å². The van der Waals surface area contributed by atoms with Gasteiger partial charge in [0.15, 0.2) is 5.75 Å². The number of rotatable bonds is 4. The van der Waals surface area contributed by atoms with Gasteiger partial charge < -0.3 is 15.0 Å². The number of aromatic nitrogens is 3. The lowest BCUT2D eigenvalue weighted by molar-refractivity contribution is 0.420. The molecule has 6 nitrogen and oxygen atoms in total. The van der Waals surface area contributed by atoms with Gasteiger partial charge in [-0.3, -0.25) is 4.79 Å². The van der Waals surface area contributed by atoms with Crippen LogP contribution in [0.5, 0.6) is 5.75 Å². The molecule has 0 saturated heterocycles. The predicted octanol–water partition coefficient (Wildman–Crippen LogP) is 5.57. The van der Waals surface area contributed by atoms with Crippen LogP contribution in [0.2, 0.25) is 5.02 Å². The van der Waals surface area contributed by atoms with Gasteiger partial charge in [-0.25, -0.2) is 9.97 Å². The molecule has 0 unspecified atom stereocenters. The van der Waals surface area contributed by atoms with Crippen LogP contribution in [0.25, 0.3) is 43.4 Å². The summed E-state index contributed by atoms with van der Waals surface area (Å²) in [6.07, 6.45) is 1.79. The molecule has 0 aliphatic heterocycles. The van der Waals surface area contributed by atoms with Crippen LogP contribution in [0.1, 0.15) is 0 Å². The zero-order chi connectivity index (χ0) is 21.5. The number of ether oxygens (including phenoxy) is 1. The number of hydrogen-bond donors (Lipinski definition) is 2. The molecule has 2 N–H and O–H groups in total. The quantitative estimate of drug-likeness (QED) is 0.375. The average Bonchev–Trinajstić information content (AvgIpc) is 3.16. The second kappa shape index (κ2) is 7.68. The summed E-state index contributed by atoms with van der Waals surface area (Å²) in [5.41, 5.74) is 5.20. The highest BCUT2D eigenvalue weighted by Gasteiger charge is 2.18. The van der Waals surface area contributed by atoms with E-state index < -0.39 is 0 Å². The Labute approximate surface area is 186 Å². The minimum absolute atomic E-state index is 0.0800. The Bertz CT molecular complexity index is 1510. The number of thiazole rings is 1. The van der Waals surface area contributed by atoms with Crippen molar-refractivity contribution in [2.45, 2.75) is 0 Å². The van der Waals surface area contributed by atoms with Gasteiger partial charge in [0.05, 0.1) is 17.3 Å². The normalized spacial score (nSPS) is 11.2. The molecule has 154 valence electrons. The van der Waals surface area contributed by atoms with E-state index >= 15 is 0 Å². The molecule has 0 atom stereocenters. The third-order valence-electron chi connectivity index (χ3n) is 5.12. The van der Waals surface area contributed by atoms with E-state index in [4.69, 9.17) is 21.3 Å². The van der Waals surface area contributed by atoms with Gasteiger partial charge >= 0.3 is 4.87 Å². The van der Waals surface area contributed by atoms with Gasteiger partial charge in [-0.1, -0.05) is 41.1 Å². The smallest absolute Gasteiger partial charge is 0.305 e. The monoisotopic (exact) mass is 448 g/mol. The SMILES string of the molecule is CNc1ncc2c(-c3cccc(Cl)c3)cc(-c3ccc4[nH]c(=O)sc4c3)c(OC)c2n1. The number of nitrogens with zero attached hydrogens (tertiary/aromatic N) is 2. The Morgan fingerprint density at radius 2 is 1.94 bits per heavy atom. The standard InChI is InChI=1S/C23H17ClN4O2S/c1-25-22-26-11-17-15(12-4-3-5-14(24)8-12)10-16(21(30-2)20(17)28-22)13-6-7-18-19(9-13)31-23(29)27-18/h3-11H,1-2H3,(H,27,29)(H,25,26,28). The zero-order valence-corrected chi connectivity index (χ0v) is 18.3. The fourth-order valence-electron chi connectivity index (χ4n) is 3.72. The summed E-state index contributed by atoms with van der Waals surface area (Å²) in [5.74, 6) is 1.14. The number of methoxy groups -OCH3 is 1. The fourth-order valence-corrected chi connectivity index (χ4v) is 4.68. The van der Waals surface area contributed by atoms with Gasteiger partial charge in [0.1, 0.15) is 5.52 Å². The number of halogens is 1. The van der Waals surface area contributed by atoms with Crippen molar-refractivity contribution < 1.29 is 4.74 Å². The summed E-state index contributed by atoms with van der Waals surface area (Å²) < 4.78 is 6.72. The lowest BCUT2D eigenvalue weighted by atomic mass is 9.94. The van der Waals surface area contributed by atoms with E-state index in [1.807, 2.05) is 42.5 Å². The molecule has 8 heteroatoms. The number of benzene rings is 3. The topological polar surface area (TPSA) is 79.9 Å². The number of anilines is 1. The second-order valence-electron chi connectivity index (χ2n) is 6.95. The van der Waals surface area contributed by atoms with Crippen molar-refractivity contribution in [2.75, 3.05) is 19.5 Å². The predicted molar refractivity (Wildman–Crippen MR) is 128 cm³/mol. The molecule has 0 aliphatic carbocycles. The summed E-state index contributed by atoms with van der Waals surface area (Å²) in [5, 5.41) is 4.49. The Hall–Kier alpha value is -3.42. The van der Waals surface area contributed by atoms with Crippen molar-refractivity contribution >= 4 is 50.0 Å². The molecule has 0 bridgehead atoms. The minimum atomic E-state index is -0.0800. The minimum Gasteiger partial charge on any atom is -0.494 e. The first-order valence-electron chi connectivity index (χ1n) is 9.52. The molecule has 0 radical (unpaired) electrons. The molecule has 0 saturated carbocycles. The summed E-state index contributed by atoms with van der Waals surface area (Å²) in [6.45, 7) is 0. The average molecular weight is 449 g/mol. The van der Waals surface area contributed by atoms with Crippen molar-refractivity contribution in [3.05, 3.63) is 69.4 Å². The van der Waals surface area contributed by atoms with Crippen LogP contribution in [-0.2, 0) is 0 Å². The van der Waals surface area contributed by atoms with Crippen LogP contribution < -0.4 is 14.9 Å². The first-order valence-corrected chi connectivity index (χ1v) is 10.7. The first-order chi connectivity index (χ1) is 15.1. The Morgan fingerprint density at radius 3 is 2.71 bits per heavy atom. The lowest BCUT2D eigenvalue weighted by Gasteiger charge is -2.16. The van der Waals surface area contributed by atoms with Crippen molar-refractivity contribution in [2.24, 2.45) is 0 Å². The van der Waals surface area contributed by atoms with Gasteiger partial charge in [-0.15, -0.1) is 0 Å². The van der Waals surface area contributed by atoms with E-state index in [0.717, 1.165) is 37.9 Å². The zero-order valence-electron chi connectivity index (χ0n) is 16.7. The third-order valence-corrected chi connectivity index (χ3v) is 6.20. The van der Waals surface area contributed by atoms with Crippen LogP contribution in [0, 0.1) is 0 Å². The fraction of sp³-hybridized carbons (Fsp3) is 0.0870. The number of H-pyrrole nitrogens is 1. The highest BCUT2D eigenvalue weighted by Crippen LogP contribution is 2.42. The van der Waals surface area contributed by atoms with Crippen molar-refractivity contribution in [1.82, 2.24) is 15.0 Å². The van der Waals surface area contributed by atoms with Crippen molar-refractivity contribution in [3.63, 3.8) is 0 Å². The van der Waals surface area contributed by atoms with Crippen molar-refractivity contribution in [3.8, 4) is 28.0 Å². The second-order valence-corrected chi connectivity index (χ2v) is 8.40. The molecular weight excluding hydrogens is 432 g/mol. The van der Waals surface area contributed by atoms with Gasteiger partial charge in [-0.2, -0.15) is 0 Å². The highest BCUT2D eigenvalue weighted by molar-refractivity contribution is 7.16. The number of hydrogen-bond acceptors (Lipinski definition) is 6. The highest BCUT2D eigenvalue weighted by atomic mass is 35.5. The summed E-state index contributed by atoms with van der Waals surface area (Å²) in [4.78, 5) is 23.6. The molecule has 5 aromatic rings. The molecule has 0 fully saturated rings. The molecule has 2 heterocycles. The summed E-state index contributed by atoms with van der Waals surface area (Å²) >= 11 is 7.46. The van der Waals surface area contributed by atoms with E-state index in [-0.39, 0.29) is 4.87 Å².